The number of carbonyl (C=O) groups is 1. The molecule has 166 valence electrons. The Bertz CT molecular complexity index is 1240. The van der Waals surface area contributed by atoms with Crippen LogP contribution in [0.2, 0.25) is 0 Å². The zero-order valence-corrected chi connectivity index (χ0v) is 19.4. The number of rotatable bonds is 6. The number of primary sulfonamides is 1. The number of carbonyl (C=O) groups excluding carboxylic acids is 1. The van der Waals surface area contributed by atoms with Crippen molar-refractivity contribution >= 4 is 51.3 Å². The van der Waals surface area contributed by atoms with Crippen molar-refractivity contribution in [3.63, 3.8) is 0 Å². The lowest BCUT2D eigenvalue weighted by Crippen LogP contribution is -2.28. The van der Waals surface area contributed by atoms with Crippen molar-refractivity contribution in [3.8, 4) is 5.75 Å². The summed E-state index contributed by atoms with van der Waals surface area (Å²) >= 11 is 4.31. The summed E-state index contributed by atoms with van der Waals surface area (Å²) in [6.07, 6.45) is -0.209. The predicted octanol–water partition coefficient (Wildman–Crippen LogP) is 3.68. The van der Waals surface area contributed by atoms with Crippen LogP contribution >= 0.6 is 12.8 Å². The summed E-state index contributed by atoms with van der Waals surface area (Å²) in [7, 11) is -3.98. The number of aryl methyl sites for hydroxylation is 2. The molecule has 0 aliphatic rings. The highest BCUT2D eigenvalue weighted by Crippen LogP contribution is 2.34. The molecule has 1 aromatic heterocycles. The van der Waals surface area contributed by atoms with Crippen LogP contribution in [0.15, 0.2) is 41.3 Å². The van der Waals surface area contributed by atoms with Crippen LogP contribution in [0.4, 0.5) is 16.2 Å². The smallest absolute Gasteiger partial charge is 0.336 e. The van der Waals surface area contributed by atoms with Crippen LogP contribution in [0.5, 0.6) is 5.75 Å². The number of para-hydroxylation sites is 1. The van der Waals surface area contributed by atoms with Gasteiger partial charge < -0.3 is 14.6 Å². The van der Waals surface area contributed by atoms with Gasteiger partial charge in [0.05, 0.1) is 27.7 Å². The molecule has 2 amide bonds. The van der Waals surface area contributed by atoms with Crippen LogP contribution in [-0.2, 0) is 16.6 Å². The normalized spacial score (nSPS) is 11.7. The Kier molecular flexibility index (Phi) is 6.48. The number of sulfonamides is 1. The average Bonchev–Trinajstić information content (AvgIpc) is 3.02. The fourth-order valence-corrected chi connectivity index (χ4v) is 4.00. The fraction of sp³-hybridized carbons (Fsp3) is 0.300. The van der Waals surface area contributed by atoms with Gasteiger partial charge in [0.2, 0.25) is 10.0 Å². The molecule has 0 saturated heterocycles. The Labute approximate surface area is 186 Å². The minimum absolute atomic E-state index is 0.147. The first-order chi connectivity index (χ1) is 14.5. The van der Waals surface area contributed by atoms with Crippen LogP contribution < -0.4 is 19.5 Å². The number of fused-ring (bicyclic) bond motifs is 1. The number of hydrogen-bond donors (Lipinski definition) is 3. The fourth-order valence-electron chi connectivity index (χ4n) is 3.26. The molecule has 0 aliphatic carbocycles. The lowest BCUT2D eigenvalue weighted by molar-refractivity contribution is 0.242. The van der Waals surface area contributed by atoms with E-state index < -0.39 is 16.1 Å². The van der Waals surface area contributed by atoms with E-state index in [0.717, 1.165) is 21.2 Å². The van der Waals surface area contributed by atoms with E-state index in [1.807, 2.05) is 38.3 Å². The van der Waals surface area contributed by atoms with Crippen molar-refractivity contribution in [2.75, 3.05) is 9.62 Å². The maximum absolute atomic E-state index is 13.0. The Balaban J connectivity index is 2.01. The Morgan fingerprint density at radius 2 is 2.03 bits per heavy atom. The van der Waals surface area contributed by atoms with Crippen molar-refractivity contribution in [2.24, 2.45) is 5.14 Å². The highest BCUT2D eigenvalue weighted by atomic mass is 32.2. The third kappa shape index (κ3) is 4.78. The number of aromatic nitrogens is 2. The molecule has 1 heterocycles. The summed E-state index contributed by atoms with van der Waals surface area (Å²) in [6, 6.07) is 8.84. The maximum Gasteiger partial charge on any atom is 0.336 e. The van der Waals surface area contributed by atoms with Gasteiger partial charge in [-0.25, -0.2) is 27.6 Å². The second kappa shape index (κ2) is 8.77. The molecule has 0 aliphatic heterocycles. The quantitative estimate of drug-likeness (QED) is 0.482. The van der Waals surface area contributed by atoms with Gasteiger partial charge in [-0.1, -0.05) is 18.9 Å². The van der Waals surface area contributed by atoms with E-state index in [2.05, 4.69) is 23.1 Å². The van der Waals surface area contributed by atoms with Crippen molar-refractivity contribution in [1.82, 2.24) is 9.55 Å². The molecule has 0 bridgehead atoms. The summed E-state index contributed by atoms with van der Waals surface area (Å²) in [6.45, 7) is 8.20. The first kappa shape index (κ1) is 22.9. The average molecular weight is 464 g/mol. The Hall–Kier alpha value is -2.76. The van der Waals surface area contributed by atoms with Crippen LogP contribution in [0.25, 0.3) is 11.0 Å². The van der Waals surface area contributed by atoms with Crippen LogP contribution in [0, 0.1) is 6.92 Å². The largest absolute Gasteiger partial charge is 0.489 e. The van der Waals surface area contributed by atoms with Gasteiger partial charge in [-0.05, 0) is 58.0 Å². The number of nitrogens with one attached hydrogen (secondary N) is 1. The van der Waals surface area contributed by atoms with Gasteiger partial charge in [0, 0.05) is 6.54 Å². The van der Waals surface area contributed by atoms with E-state index in [1.54, 1.807) is 12.1 Å². The highest BCUT2D eigenvalue weighted by molar-refractivity contribution is 7.89. The molecule has 0 fully saturated rings. The molecule has 3 N–H and O–H groups in total. The number of anilines is 2. The van der Waals surface area contributed by atoms with E-state index in [4.69, 9.17) is 9.88 Å². The summed E-state index contributed by atoms with van der Waals surface area (Å²) in [5.41, 5.74) is 2.24. The summed E-state index contributed by atoms with van der Waals surface area (Å²) < 4.78 is 32.3. The molecular formula is C20H25N5O4S2. The molecule has 2 aromatic carbocycles. The molecule has 0 saturated carbocycles. The van der Waals surface area contributed by atoms with Crippen molar-refractivity contribution in [3.05, 3.63) is 42.2 Å². The molecule has 0 spiro atoms. The number of nitrogens with zero attached hydrogens (tertiary/aromatic N) is 3. The molecule has 3 rings (SSSR count). The van der Waals surface area contributed by atoms with Crippen LogP contribution in [0.1, 0.15) is 26.6 Å². The van der Waals surface area contributed by atoms with Gasteiger partial charge in [0.1, 0.15) is 17.3 Å². The van der Waals surface area contributed by atoms with E-state index in [1.165, 1.54) is 18.2 Å². The molecular weight excluding hydrogens is 438 g/mol. The number of imidazole rings is 1. The van der Waals surface area contributed by atoms with Gasteiger partial charge in [-0.15, -0.1) is 0 Å². The summed E-state index contributed by atoms with van der Waals surface area (Å²) in [5, 5.41) is 8.07. The minimum Gasteiger partial charge on any atom is -0.489 e. The molecule has 31 heavy (non-hydrogen) atoms. The van der Waals surface area contributed by atoms with Crippen molar-refractivity contribution < 1.29 is 17.9 Å². The zero-order valence-electron chi connectivity index (χ0n) is 17.7. The van der Waals surface area contributed by atoms with Crippen LogP contribution in [0.3, 0.4) is 0 Å². The molecule has 9 nitrogen and oxygen atoms in total. The number of ether oxygens (including phenoxy) is 1. The first-order valence-electron chi connectivity index (χ1n) is 9.62. The highest BCUT2D eigenvalue weighted by Gasteiger charge is 2.22. The zero-order chi connectivity index (χ0) is 22.9. The number of urea groups is 1. The lowest BCUT2D eigenvalue weighted by atomic mass is 10.2. The number of benzene rings is 2. The van der Waals surface area contributed by atoms with Crippen molar-refractivity contribution in [1.29, 1.82) is 0 Å². The third-order valence-electron chi connectivity index (χ3n) is 4.56. The minimum atomic E-state index is -3.98. The number of nitrogens with two attached hydrogens (primary N) is 1. The third-order valence-corrected chi connectivity index (χ3v) is 5.87. The second-order valence-electron chi connectivity index (χ2n) is 7.16. The Morgan fingerprint density at radius 1 is 1.32 bits per heavy atom. The standard InChI is InChI=1S/C20H25N5O4S2/c1-5-24-13(4)22-15-7-6-8-16(19(15)24)23-20(26)25(30)17-11-14(31(21,27)28)9-10-18(17)29-12(2)3/h6-12,30H,5H2,1-4H3,(H,23,26)(H2,21,27,28). The van der Waals surface area contributed by atoms with Gasteiger partial charge in [0.25, 0.3) is 0 Å². The van der Waals surface area contributed by atoms with Gasteiger partial charge in [0.15, 0.2) is 0 Å². The molecule has 0 radical (unpaired) electrons. The van der Waals surface area contributed by atoms with Gasteiger partial charge in [-0.3, -0.25) is 0 Å². The first-order valence-corrected chi connectivity index (χ1v) is 11.6. The van der Waals surface area contributed by atoms with E-state index in [0.29, 0.717) is 18.0 Å². The number of hydrogen-bond acceptors (Lipinski definition) is 6. The van der Waals surface area contributed by atoms with Crippen LogP contribution in [-0.4, -0.2) is 30.1 Å². The molecule has 11 heteroatoms. The summed E-state index contributed by atoms with van der Waals surface area (Å²) in [4.78, 5) is 17.4. The summed E-state index contributed by atoms with van der Waals surface area (Å²) in [5.74, 6) is 1.12. The van der Waals surface area contributed by atoms with Gasteiger partial charge in [-0.2, -0.15) is 0 Å². The van der Waals surface area contributed by atoms with E-state index in [-0.39, 0.29) is 16.7 Å². The van der Waals surface area contributed by atoms with Gasteiger partial charge >= 0.3 is 6.03 Å². The van der Waals surface area contributed by atoms with E-state index >= 15 is 0 Å². The lowest BCUT2D eigenvalue weighted by Gasteiger charge is -2.22. The molecule has 3 aromatic rings. The number of amides is 2. The predicted molar refractivity (Wildman–Crippen MR) is 124 cm³/mol. The monoisotopic (exact) mass is 463 g/mol. The SMILES string of the molecule is CCn1c(C)nc2cccc(NC(=O)N(S)c3cc(S(N)(=O)=O)ccc3OC(C)C)c21. The van der Waals surface area contributed by atoms with Crippen molar-refractivity contribution in [2.45, 2.75) is 45.2 Å². The topological polar surface area (TPSA) is 120 Å². The maximum atomic E-state index is 13.0. The molecule has 0 unspecified atom stereocenters. The second-order valence-corrected chi connectivity index (χ2v) is 9.12. The Morgan fingerprint density at radius 3 is 2.65 bits per heavy atom. The van der Waals surface area contributed by atoms with E-state index in [9.17, 15) is 13.2 Å². The number of thiol groups is 1. The molecule has 0 atom stereocenters.